The van der Waals surface area contributed by atoms with E-state index in [0.29, 0.717) is 61.3 Å². The van der Waals surface area contributed by atoms with Gasteiger partial charge in [0.05, 0.1) is 47.0 Å². The standard InChI is InChI=1S/C27H25N7O2/c1-16-9-19(12-29)10-17(2)24(16)36-25-22-15-34(26(35)20-13-30-14-20)8-7-23(22)32-27(33-25)31-21-5-3-18(11-28)4-6-21/h3-6,9-10,20,30H,7-8,13-15H2,1-2H3,(H,31,32,33). The fourth-order valence-corrected chi connectivity index (χ4v) is 4.46. The maximum Gasteiger partial charge on any atom is 0.230 e. The van der Waals surface area contributed by atoms with Crippen LogP contribution in [-0.2, 0) is 17.8 Å². The van der Waals surface area contributed by atoms with Crippen LogP contribution in [0.15, 0.2) is 36.4 Å². The molecule has 1 amide bonds. The number of ether oxygens (including phenoxy) is 1. The molecule has 0 aliphatic carbocycles. The molecule has 0 bridgehead atoms. The maximum atomic E-state index is 12.9. The average Bonchev–Trinajstić information content (AvgIpc) is 2.85. The van der Waals surface area contributed by atoms with Crippen molar-refractivity contribution in [1.82, 2.24) is 20.2 Å². The molecule has 9 heteroatoms. The first-order chi connectivity index (χ1) is 17.4. The Morgan fingerprint density at radius 2 is 1.78 bits per heavy atom. The third kappa shape index (κ3) is 4.57. The lowest BCUT2D eigenvalue weighted by atomic mass is 9.99. The van der Waals surface area contributed by atoms with Gasteiger partial charge in [-0.15, -0.1) is 0 Å². The largest absolute Gasteiger partial charge is 0.438 e. The third-order valence-electron chi connectivity index (χ3n) is 6.52. The molecule has 0 atom stereocenters. The highest BCUT2D eigenvalue weighted by atomic mass is 16.5. The highest BCUT2D eigenvalue weighted by molar-refractivity contribution is 5.80. The van der Waals surface area contributed by atoms with E-state index in [4.69, 9.17) is 20.0 Å². The summed E-state index contributed by atoms with van der Waals surface area (Å²) in [5.41, 5.74) is 5.14. The first-order valence-electron chi connectivity index (χ1n) is 11.8. The lowest BCUT2D eigenvalue weighted by Gasteiger charge is -2.35. The number of nitrogens with zero attached hydrogens (tertiary/aromatic N) is 5. The minimum Gasteiger partial charge on any atom is -0.438 e. The smallest absolute Gasteiger partial charge is 0.230 e. The number of nitriles is 2. The predicted octanol–water partition coefficient (Wildman–Crippen LogP) is 3.48. The maximum absolute atomic E-state index is 12.9. The second-order valence-electron chi connectivity index (χ2n) is 9.11. The molecule has 0 radical (unpaired) electrons. The van der Waals surface area contributed by atoms with Gasteiger partial charge in [-0.3, -0.25) is 4.79 Å². The number of nitrogens with one attached hydrogen (secondary N) is 2. The van der Waals surface area contributed by atoms with Gasteiger partial charge in [0.1, 0.15) is 5.75 Å². The molecule has 2 aliphatic heterocycles. The molecule has 36 heavy (non-hydrogen) atoms. The van der Waals surface area contributed by atoms with Crippen molar-refractivity contribution in [2.75, 3.05) is 25.0 Å². The SMILES string of the molecule is Cc1cc(C#N)cc(C)c1Oc1nc(Nc2ccc(C#N)cc2)nc2c1CN(C(=O)C1CNC1)CC2. The van der Waals surface area contributed by atoms with Gasteiger partial charge in [0.25, 0.3) is 0 Å². The minimum absolute atomic E-state index is 0.0113. The van der Waals surface area contributed by atoms with E-state index in [1.54, 1.807) is 36.4 Å². The van der Waals surface area contributed by atoms with Gasteiger partial charge in [0.2, 0.25) is 17.7 Å². The summed E-state index contributed by atoms with van der Waals surface area (Å²) in [6, 6.07) is 14.9. The highest BCUT2D eigenvalue weighted by Crippen LogP contribution is 2.35. The van der Waals surface area contributed by atoms with E-state index in [-0.39, 0.29) is 11.8 Å². The Bertz CT molecular complexity index is 1390. The molecule has 180 valence electrons. The third-order valence-corrected chi connectivity index (χ3v) is 6.52. The topological polar surface area (TPSA) is 127 Å². The van der Waals surface area contributed by atoms with E-state index >= 15 is 0 Å². The number of aromatic nitrogens is 2. The van der Waals surface area contributed by atoms with Crippen LogP contribution in [-0.4, -0.2) is 40.4 Å². The molecule has 3 aromatic rings. The van der Waals surface area contributed by atoms with Crippen LogP contribution in [0, 0.1) is 42.4 Å². The summed E-state index contributed by atoms with van der Waals surface area (Å²) in [5.74, 6) is 1.54. The fourth-order valence-electron chi connectivity index (χ4n) is 4.46. The van der Waals surface area contributed by atoms with Crippen molar-refractivity contribution >= 4 is 17.5 Å². The zero-order valence-electron chi connectivity index (χ0n) is 20.1. The van der Waals surface area contributed by atoms with Crippen LogP contribution in [0.5, 0.6) is 11.6 Å². The van der Waals surface area contributed by atoms with Gasteiger partial charge in [0.15, 0.2) is 0 Å². The Morgan fingerprint density at radius 3 is 2.39 bits per heavy atom. The zero-order chi connectivity index (χ0) is 25.2. The lowest BCUT2D eigenvalue weighted by Crippen LogP contribution is -2.52. The Balaban J connectivity index is 1.51. The van der Waals surface area contributed by atoms with Crippen molar-refractivity contribution in [2.45, 2.75) is 26.8 Å². The average molecular weight is 480 g/mol. The molecule has 2 aliphatic rings. The summed E-state index contributed by atoms with van der Waals surface area (Å²) in [7, 11) is 0. The summed E-state index contributed by atoms with van der Waals surface area (Å²) in [6.07, 6.45) is 0.591. The van der Waals surface area contributed by atoms with E-state index in [2.05, 4.69) is 22.8 Å². The van der Waals surface area contributed by atoms with Gasteiger partial charge in [-0.2, -0.15) is 15.5 Å². The lowest BCUT2D eigenvalue weighted by molar-refractivity contribution is -0.138. The van der Waals surface area contributed by atoms with Crippen LogP contribution >= 0.6 is 0 Å². The number of benzene rings is 2. The quantitative estimate of drug-likeness (QED) is 0.569. The second kappa shape index (κ2) is 9.65. The van der Waals surface area contributed by atoms with Gasteiger partial charge in [-0.25, -0.2) is 4.98 Å². The fraction of sp³-hybridized carbons (Fsp3) is 0.296. The summed E-state index contributed by atoms with van der Waals surface area (Å²) >= 11 is 0. The summed E-state index contributed by atoms with van der Waals surface area (Å²) in [4.78, 5) is 24.2. The summed E-state index contributed by atoms with van der Waals surface area (Å²) < 4.78 is 6.39. The molecule has 9 nitrogen and oxygen atoms in total. The van der Waals surface area contributed by atoms with Crippen molar-refractivity contribution in [3.8, 4) is 23.8 Å². The Morgan fingerprint density at radius 1 is 1.08 bits per heavy atom. The monoisotopic (exact) mass is 479 g/mol. The molecule has 1 fully saturated rings. The molecule has 0 saturated carbocycles. The number of carbonyl (C=O) groups excluding carboxylic acids is 1. The highest BCUT2D eigenvalue weighted by Gasteiger charge is 2.33. The van der Waals surface area contributed by atoms with Crippen LogP contribution in [0.1, 0.15) is 33.5 Å². The molecule has 0 unspecified atom stereocenters. The molecule has 0 spiro atoms. The zero-order valence-corrected chi connectivity index (χ0v) is 20.1. The van der Waals surface area contributed by atoms with E-state index in [1.165, 1.54) is 0 Å². The number of aryl methyl sites for hydroxylation is 2. The number of amides is 1. The molecule has 2 N–H and O–H groups in total. The van der Waals surface area contributed by atoms with Crippen molar-refractivity contribution in [2.24, 2.45) is 5.92 Å². The van der Waals surface area contributed by atoms with Crippen molar-refractivity contribution in [3.05, 3.63) is 69.9 Å². The molecule has 1 aromatic heterocycles. The van der Waals surface area contributed by atoms with Gasteiger partial charge < -0.3 is 20.3 Å². The summed E-state index contributed by atoms with van der Waals surface area (Å²) in [6.45, 7) is 6.17. The number of carbonyl (C=O) groups is 1. The minimum atomic E-state index is 0.0113. The number of fused-ring (bicyclic) bond motifs is 1. The number of anilines is 2. The number of rotatable bonds is 5. The van der Waals surface area contributed by atoms with E-state index in [9.17, 15) is 10.1 Å². The first kappa shape index (κ1) is 23.3. The van der Waals surface area contributed by atoms with Crippen LogP contribution in [0.2, 0.25) is 0 Å². The number of hydrogen-bond acceptors (Lipinski definition) is 8. The van der Waals surface area contributed by atoms with Crippen LogP contribution in [0.4, 0.5) is 11.6 Å². The number of hydrogen-bond donors (Lipinski definition) is 2. The normalized spacial score (nSPS) is 14.7. The predicted molar refractivity (Wildman–Crippen MR) is 133 cm³/mol. The summed E-state index contributed by atoms with van der Waals surface area (Å²) in [5, 5.41) is 24.7. The van der Waals surface area contributed by atoms with Gasteiger partial charge in [-0.1, -0.05) is 0 Å². The molecule has 2 aromatic carbocycles. The van der Waals surface area contributed by atoms with Crippen molar-refractivity contribution < 1.29 is 9.53 Å². The molecule has 1 saturated heterocycles. The van der Waals surface area contributed by atoms with E-state index < -0.39 is 0 Å². The molecule has 3 heterocycles. The van der Waals surface area contributed by atoms with Crippen LogP contribution < -0.4 is 15.4 Å². The van der Waals surface area contributed by atoms with Crippen molar-refractivity contribution in [3.63, 3.8) is 0 Å². The Hall–Kier alpha value is -4.47. The van der Waals surface area contributed by atoms with Gasteiger partial charge in [0, 0.05) is 31.7 Å². The van der Waals surface area contributed by atoms with Crippen molar-refractivity contribution in [1.29, 1.82) is 10.5 Å². The van der Waals surface area contributed by atoms with Crippen LogP contribution in [0.25, 0.3) is 0 Å². The van der Waals surface area contributed by atoms with E-state index in [0.717, 1.165) is 28.1 Å². The van der Waals surface area contributed by atoms with E-state index in [1.807, 2.05) is 18.7 Å². The van der Waals surface area contributed by atoms with Gasteiger partial charge in [-0.05, 0) is 61.4 Å². The first-order valence-corrected chi connectivity index (χ1v) is 11.8. The van der Waals surface area contributed by atoms with Crippen LogP contribution in [0.3, 0.4) is 0 Å². The van der Waals surface area contributed by atoms with Gasteiger partial charge >= 0.3 is 0 Å². The molecular formula is C27H25N7O2. The second-order valence-corrected chi connectivity index (χ2v) is 9.11. The molecular weight excluding hydrogens is 454 g/mol. The molecule has 5 rings (SSSR count). The Kier molecular flexibility index (Phi) is 6.24. The Labute approximate surface area is 209 Å².